The van der Waals surface area contributed by atoms with Gasteiger partial charge in [-0.2, -0.15) is 5.10 Å². The fraction of sp³-hybridized carbons (Fsp3) is 0.125. The Morgan fingerprint density at radius 3 is 2.35 bits per heavy atom. The quantitative estimate of drug-likeness (QED) is 0.887. The van der Waals surface area contributed by atoms with Gasteiger partial charge in [0.25, 0.3) is 5.91 Å². The maximum atomic E-state index is 11.8. The molecule has 2 aromatic carbocycles. The van der Waals surface area contributed by atoms with Gasteiger partial charge in [-0.05, 0) is 35.9 Å². The molecule has 23 heavy (non-hydrogen) atoms. The second kappa shape index (κ2) is 6.40. The van der Waals surface area contributed by atoms with E-state index in [1.807, 2.05) is 12.1 Å². The molecule has 2 N–H and O–H groups in total. The van der Waals surface area contributed by atoms with Crippen LogP contribution in [-0.4, -0.2) is 18.2 Å². The smallest absolute Gasteiger partial charge is 0.265 e. The van der Waals surface area contributed by atoms with Crippen molar-refractivity contribution in [2.24, 2.45) is 10.8 Å². The lowest BCUT2D eigenvalue weighted by molar-refractivity contribution is -0.112. The molecule has 0 spiro atoms. The second-order valence-electron chi connectivity index (χ2n) is 5.13. The van der Waals surface area contributed by atoms with Crippen LogP contribution in [0.25, 0.3) is 0 Å². The van der Waals surface area contributed by atoms with Crippen LogP contribution >= 0.6 is 34.8 Å². The second-order valence-corrected chi connectivity index (χ2v) is 6.41. The van der Waals surface area contributed by atoms with E-state index >= 15 is 0 Å². The zero-order valence-corrected chi connectivity index (χ0v) is 14.1. The van der Waals surface area contributed by atoms with Crippen molar-refractivity contribution in [3.63, 3.8) is 0 Å². The van der Waals surface area contributed by atoms with Crippen molar-refractivity contribution in [3.05, 3.63) is 63.1 Å². The molecule has 1 unspecified atom stereocenters. The van der Waals surface area contributed by atoms with Gasteiger partial charge in [-0.15, -0.1) is 0 Å². The molecule has 1 aliphatic rings. The van der Waals surface area contributed by atoms with Crippen LogP contribution in [0.4, 0.5) is 5.69 Å². The predicted octanol–water partition coefficient (Wildman–Crippen LogP) is 4.09. The zero-order valence-electron chi connectivity index (χ0n) is 11.8. The van der Waals surface area contributed by atoms with Crippen LogP contribution in [0.1, 0.15) is 11.5 Å². The van der Waals surface area contributed by atoms with Crippen LogP contribution in [-0.2, 0) is 4.79 Å². The molecule has 1 atom stereocenters. The maximum absolute atomic E-state index is 11.8. The van der Waals surface area contributed by atoms with Gasteiger partial charge in [-0.25, -0.2) is 0 Å². The number of hydrogen-bond donors (Lipinski definition) is 1. The Balaban J connectivity index is 1.97. The minimum atomic E-state index is -0.558. The summed E-state index contributed by atoms with van der Waals surface area (Å²) in [6.07, 6.45) is 0. The van der Waals surface area contributed by atoms with Gasteiger partial charge in [-0.3, -0.25) is 9.80 Å². The number of carbonyl (C=O) groups excluding carboxylic acids is 1. The molecule has 4 nitrogen and oxygen atoms in total. The molecule has 1 aliphatic heterocycles. The number of primary amides is 1. The summed E-state index contributed by atoms with van der Waals surface area (Å²) in [6, 6.07) is 12.4. The SMILES string of the molecule is NC(=O)C1=NN(c2ccc(Cl)cc2Cl)CC1c1ccc(Cl)cc1. The van der Waals surface area contributed by atoms with Gasteiger partial charge in [0.1, 0.15) is 5.71 Å². The lowest BCUT2D eigenvalue weighted by atomic mass is 9.94. The van der Waals surface area contributed by atoms with E-state index in [1.165, 1.54) is 0 Å². The first kappa shape index (κ1) is 16.1. The summed E-state index contributed by atoms with van der Waals surface area (Å²) in [5.74, 6) is -0.797. The summed E-state index contributed by atoms with van der Waals surface area (Å²) in [5.41, 5.74) is 7.36. The van der Waals surface area contributed by atoms with Crippen LogP contribution in [0.15, 0.2) is 47.6 Å². The van der Waals surface area contributed by atoms with E-state index in [4.69, 9.17) is 40.5 Å². The average Bonchev–Trinajstić information content (AvgIpc) is 2.93. The maximum Gasteiger partial charge on any atom is 0.265 e. The number of rotatable bonds is 3. The van der Waals surface area contributed by atoms with E-state index in [-0.39, 0.29) is 5.92 Å². The van der Waals surface area contributed by atoms with Crippen molar-refractivity contribution in [1.82, 2.24) is 0 Å². The molecule has 0 aliphatic carbocycles. The number of anilines is 1. The summed E-state index contributed by atoms with van der Waals surface area (Å²) in [5, 5.41) is 7.63. The largest absolute Gasteiger partial charge is 0.364 e. The van der Waals surface area contributed by atoms with Crippen molar-refractivity contribution in [2.75, 3.05) is 11.6 Å². The van der Waals surface area contributed by atoms with Crippen molar-refractivity contribution in [2.45, 2.75) is 5.92 Å². The number of hydrazone groups is 1. The molecule has 7 heteroatoms. The highest BCUT2D eigenvalue weighted by Crippen LogP contribution is 2.34. The summed E-state index contributed by atoms with van der Waals surface area (Å²) in [7, 11) is 0. The lowest BCUT2D eigenvalue weighted by Gasteiger charge is -2.17. The minimum Gasteiger partial charge on any atom is -0.364 e. The van der Waals surface area contributed by atoms with Gasteiger partial charge in [-0.1, -0.05) is 46.9 Å². The first-order valence-corrected chi connectivity index (χ1v) is 7.95. The minimum absolute atomic E-state index is 0.239. The molecule has 0 saturated heterocycles. The third-order valence-corrected chi connectivity index (χ3v) is 4.42. The van der Waals surface area contributed by atoms with Gasteiger partial charge in [0.15, 0.2) is 0 Å². The van der Waals surface area contributed by atoms with E-state index in [0.717, 1.165) is 5.56 Å². The molecule has 0 saturated carbocycles. The topological polar surface area (TPSA) is 58.7 Å². The first-order chi connectivity index (χ1) is 11.0. The van der Waals surface area contributed by atoms with Crippen LogP contribution < -0.4 is 10.7 Å². The highest BCUT2D eigenvalue weighted by Gasteiger charge is 2.32. The number of amides is 1. The van der Waals surface area contributed by atoms with Gasteiger partial charge in [0, 0.05) is 10.0 Å². The van der Waals surface area contributed by atoms with Crippen molar-refractivity contribution < 1.29 is 4.79 Å². The van der Waals surface area contributed by atoms with Crippen molar-refractivity contribution in [1.29, 1.82) is 0 Å². The number of benzene rings is 2. The van der Waals surface area contributed by atoms with Gasteiger partial charge in [0.2, 0.25) is 0 Å². The van der Waals surface area contributed by atoms with E-state index < -0.39 is 5.91 Å². The predicted molar refractivity (Wildman–Crippen MR) is 94.6 cm³/mol. The lowest BCUT2D eigenvalue weighted by Crippen LogP contribution is -2.27. The van der Waals surface area contributed by atoms with Crippen molar-refractivity contribution >= 4 is 52.1 Å². The van der Waals surface area contributed by atoms with Gasteiger partial charge >= 0.3 is 0 Å². The summed E-state index contributed by atoms with van der Waals surface area (Å²) < 4.78 is 0. The van der Waals surface area contributed by atoms with Crippen molar-refractivity contribution in [3.8, 4) is 0 Å². The van der Waals surface area contributed by atoms with E-state index in [2.05, 4.69) is 5.10 Å². The van der Waals surface area contributed by atoms with Gasteiger partial charge < -0.3 is 5.73 Å². The molecule has 2 aromatic rings. The zero-order chi connectivity index (χ0) is 16.6. The van der Waals surface area contributed by atoms with E-state index in [9.17, 15) is 4.79 Å². The highest BCUT2D eigenvalue weighted by atomic mass is 35.5. The molecule has 3 rings (SSSR count). The first-order valence-electron chi connectivity index (χ1n) is 6.82. The van der Waals surface area contributed by atoms with Crippen LogP contribution in [0, 0.1) is 0 Å². The van der Waals surface area contributed by atoms with Crippen LogP contribution in [0.5, 0.6) is 0 Å². The molecule has 1 amide bonds. The number of carbonyl (C=O) groups is 1. The molecular formula is C16H12Cl3N3O. The molecule has 0 radical (unpaired) electrons. The summed E-state index contributed by atoms with van der Waals surface area (Å²) in [6.45, 7) is 0.460. The monoisotopic (exact) mass is 367 g/mol. The van der Waals surface area contributed by atoms with E-state index in [1.54, 1.807) is 35.3 Å². The standard InChI is InChI=1S/C16H12Cl3N3O/c17-10-3-1-9(2-4-10)12-8-22(21-15(12)16(20)23)14-6-5-11(18)7-13(14)19/h1-7,12H,8H2,(H2,20,23). The molecule has 0 fully saturated rings. The van der Waals surface area contributed by atoms with E-state index in [0.29, 0.717) is 33.0 Å². The number of hydrogen-bond acceptors (Lipinski definition) is 3. The molecule has 118 valence electrons. The third kappa shape index (κ3) is 3.29. The van der Waals surface area contributed by atoms with Crippen LogP contribution in [0.3, 0.4) is 0 Å². The highest BCUT2D eigenvalue weighted by molar-refractivity contribution is 6.41. The Morgan fingerprint density at radius 1 is 1.09 bits per heavy atom. The molecule has 1 heterocycles. The normalized spacial score (nSPS) is 17.3. The van der Waals surface area contributed by atoms with Crippen LogP contribution in [0.2, 0.25) is 15.1 Å². The summed E-state index contributed by atoms with van der Waals surface area (Å²) in [4.78, 5) is 11.8. The van der Waals surface area contributed by atoms with Gasteiger partial charge in [0.05, 0.1) is 23.2 Å². The third-order valence-electron chi connectivity index (χ3n) is 3.63. The Morgan fingerprint density at radius 2 is 1.74 bits per heavy atom. The number of nitrogens with zero attached hydrogens (tertiary/aromatic N) is 2. The Labute approximate surface area is 148 Å². The number of nitrogens with two attached hydrogens (primary N) is 1. The summed E-state index contributed by atoms with van der Waals surface area (Å²) >= 11 is 18.1. The average molecular weight is 369 g/mol. The molecule has 0 aromatic heterocycles. The Hall–Kier alpha value is -1.75. The number of halogens is 3. The fourth-order valence-corrected chi connectivity index (χ4v) is 3.15. The Kier molecular flexibility index (Phi) is 4.48. The molecule has 0 bridgehead atoms. The molecular weight excluding hydrogens is 357 g/mol. The Bertz CT molecular complexity index is 790. The fourth-order valence-electron chi connectivity index (χ4n) is 2.52.